The van der Waals surface area contributed by atoms with E-state index in [1.165, 1.54) is 19.3 Å². The molecule has 2 heterocycles. The number of aromatic nitrogens is 4. The van der Waals surface area contributed by atoms with Gasteiger partial charge in [0.2, 0.25) is 0 Å². The summed E-state index contributed by atoms with van der Waals surface area (Å²) in [6, 6.07) is 4.05. The standard InChI is InChI=1S/C16H20ClN5O2/c17-12-8-14-15(24-7-6-23-14)9-13(12)18-10-16-19-20-21-22(16)11-4-2-1-3-5-11/h8-9,11,18H,1-7,10H2. The second-order valence-electron chi connectivity index (χ2n) is 6.16. The summed E-state index contributed by atoms with van der Waals surface area (Å²) in [6.07, 6.45) is 6.07. The van der Waals surface area contributed by atoms with E-state index in [2.05, 4.69) is 20.8 Å². The van der Waals surface area contributed by atoms with Crippen molar-refractivity contribution in [2.24, 2.45) is 0 Å². The number of halogens is 1. The van der Waals surface area contributed by atoms with Gasteiger partial charge < -0.3 is 14.8 Å². The molecule has 24 heavy (non-hydrogen) atoms. The van der Waals surface area contributed by atoms with Crippen LogP contribution in [0.1, 0.15) is 44.0 Å². The number of nitrogens with zero attached hydrogens (tertiary/aromatic N) is 4. The molecule has 0 saturated heterocycles. The summed E-state index contributed by atoms with van der Waals surface area (Å²) in [6.45, 7) is 1.61. The van der Waals surface area contributed by atoms with Gasteiger partial charge in [0.05, 0.1) is 23.3 Å². The topological polar surface area (TPSA) is 74.1 Å². The average Bonchev–Trinajstić information content (AvgIpc) is 3.09. The Morgan fingerprint density at radius 1 is 1.12 bits per heavy atom. The average molecular weight is 350 g/mol. The molecule has 1 aliphatic heterocycles. The van der Waals surface area contributed by atoms with Gasteiger partial charge in [0.25, 0.3) is 0 Å². The minimum absolute atomic E-state index is 0.404. The molecule has 1 fully saturated rings. The lowest BCUT2D eigenvalue weighted by Crippen LogP contribution is -2.19. The summed E-state index contributed by atoms with van der Waals surface area (Å²) in [5, 5.41) is 16.1. The molecular formula is C16H20ClN5O2. The van der Waals surface area contributed by atoms with E-state index in [-0.39, 0.29) is 0 Å². The maximum atomic E-state index is 6.33. The normalized spacial score (nSPS) is 17.7. The van der Waals surface area contributed by atoms with Gasteiger partial charge in [0.15, 0.2) is 17.3 Å². The zero-order chi connectivity index (χ0) is 16.4. The molecule has 1 saturated carbocycles. The highest BCUT2D eigenvalue weighted by Gasteiger charge is 2.20. The summed E-state index contributed by atoms with van der Waals surface area (Å²) in [5.74, 6) is 2.22. The van der Waals surface area contributed by atoms with Crippen LogP contribution < -0.4 is 14.8 Å². The van der Waals surface area contributed by atoms with Gasteiger partial charge in [0.1, 0.15) is 13.2 Å². The third-order valence-electron chi connectivity index (χ3n) is 4.55. The number of hydrogen-bond acceptors (Lipinski definition) is 6. The number of benzene rings is 1. The summed E-state index contributed by atoms with van der Waals surface area (Å²) in [4.78, 5) is 0. The van der Waals surface area contributed by atoms with Gasteiger partial charge in [0, 0.05) is 12.1 Å². The van der Waals surface area contributed by atoms with Crippen molar-refractivity contribution in [2.45, 2.75) is 44.7 Å². The molecule has 2 aliphatic rings. The highest BCUT2D eigenvalue weighted by atomic mass is 35.5. The third-order valence-corrected chi connectivity index (χ3v) is 4.86. The summed E-state index contributed by atoms with van der Waals surface area (Å²) in [7, 11) is 0. The number of hydrogen-bond donors (Lipinski definition) is 1. The first kappa shape index (κ1) is 15.5. The quantitative estimate of drug-likeness (QED) is 0.913. The van der Waals surface area contributed by atoms with Crippen LogP contribution in [0, 0.1) is 0 Å². The fraction of sp³-hybridized carbons (Fsp3) is 0.562. The van der Waals surface area contributed by atoms with Crippen molar-refractivity contribution in [2.75, 3.05) is 18.5 Å². The van der Waals surface area contributed by atoms with E-state index in [4.69, 9.17) is 21.1 Å². The largest absolute Gasteiger partial charge is 0.486 e. The molecule has 0 atom stereocenters. The Morgan fingerprint density at radius 2 is 1.88 bits per heavy atom. The first-order chi connectivity index (χ1) is 11.8. The molecule has 0 spiro atoms. The minimum atomic E-state index is 0.404. The molecule has 4 rings (SSSR count). The Kier molecular flexibility index (Phi) is 4.42. The van der Waals surface area contributed by atoms with Gasteiger partial charge in [-0.2, -0.15) is 0 Å². The molecule has 8 heteroatoms. The molecule has 0 bridgehead atoms. The van der Waals surface area contributed by atoms with Crippen LogP contribution >= 0.6 is 11.6 Å². The van der Waals surface area contributed by atoms with E-state index in [1.54, 1.807) is 6.07 Å². The maximum absolute atomic E-state index is 6.33. The van der Waals surface area contributed by atoms with Crippen molar-refractivity contribution < 1.29 is 9.47 Å². The molecule has 7 nitrogen and oxygen atoms in total. The van der Waals surface area contributed by atoms with Crippen LogP contribution in [0.3, 0.4) is 0 Å². The number of tetrazole rings is 1. The Labute approximate surface area is 145 Å². The maximum Gasteiger partial charge on any atom is 0.170 e. The summed E-state index contributed by atoms with van der Waals surface area (Å²) >= 11 is 6.33. The van der Waals surface area contributed by atoms with Crippen molar-refractivity contribution >= 4 is 17.3 Å². The first-order valence-corrected chi connectivity index (χ1v) is 8.79. The van der Waals surface area contributed by atoms with E-state index in [9.17, 15) is 0 Å². The van der Waals surface area contributed by atoms with Crippen LogP contribution in [0.25, 0.3) is 0 Å². The smallest absolute Gasteiger partial charge is 0.170 e. The van der Waals surface area contributed by atoms with Crippen molar-refractivity contribution in [3.05, 3.63) is 23.0 Å². The third kappa shape index (κ3) is 3.13. The highest BCUT2D eigenvalue weighted by Crippen LogP contribution is 2.38. The van der Waals surface area contributed by atoms with Crippen molar-refractivity contribution in [1.82, 2.24) is 20.2 Å². The van der Waals surface area contributed by atoms with Crippen LogP contribution in [0.5, 0.6) is 11.5 Å². The number of nitrogens with one attached hydrogen (secondary N) is 1. The Bertz CT molecular complexity index is 714. The predicted molar refractivity (Wildman–Crippen MR) is 89.7 cm³/mol. The predicted octanol–water partition coefficient (Wildman–Crippen LogP) is 3.22. The second-order valence-corrected chi connectivity index (χ2v) is 6.57. The molecule has 0 unspecified atom stereocenters. The monoisotopic (exact) mass is 349 g/mol. The van der Waals surface area contributed by atoms with Gasteiger partial charge in [-0.05, 0) is 23.3 Å². The van der Waals surface area contributed by atoms with E-state index in [1.807, 2.05) is 10.7 Å². The van der Waals surface area contributed by atoms with E-state index >= 15 is 0 Å². The van der Waals surface area contributed by atoms with Crippen molar-refractivity contribution in [3.63, 3.8) is 0 Å². The Morgan fingerprint density at radius 3 is 2.67 bits per heavy atom. The second kappa shape index (κ2) is 6.84. The number of ether oxygens (including phenoxy) is 2. The SMILES string of the molecule is Clc1cc2c(cc1NCc1nnnn1C1CCCCC1)OCCO2. The molecule has 1 aliphatic carbocycles. The summed E-state index contributed by atoms with van der Waals surface area (Å²) in [5.41, 5.74) is 0.791. The van der Waals surface area contributed by atoms with Crippen molar-refractivity contribution in [1.29, 1.82) is 0 Å². The van der Waals surface area contributed by atoms with E-state index in [0.29, 0.717) is 42.3 Å². The van der Waals surface area contributed by atoms with E-state index in [0.717, 1.165) is 24.4 Å². The Balaban J connectivity index is 1.48. The molecule has 2 aromatic rings. The van der Waals surface area contributed by atoms with Crippen molar-refractivity contribution in [3.8, 4) is 11.5 Å². The number of anilines is 1. The van der Waals surface area contributed by atoms with Crippen LogP contribution in [0.4, 0.5) is 5.69 Å². The molecule has 1 N–H and O–H groups in total. The Hall–Kier alpha value is -2.02. The van der Waals surface area contributed by atoms with Gasteiger partial charge in [-0.1, -0.05) is 30.9 Å². The fourth-order valence-electron chi connectivity index (χ4n) is 3.31. The lowest BCUT2D eigenvalue weighted by atomic mass is 9.95. The van der Waals surface area contributed by atoms with Gasteiger partial charge in [-0.3, -0.25) is 0 Å². The van der Waals surface area contributed by atoms with Crippen LogP contribution in [-0.4, -0.2) is 33.4 Å². The van der Waals surface area contributed by atoms with Crippen LogP contribution in [-0.2, 0) is 6.54 Å². The zero-order valence-electron chi connectivity index (χ0n) is 13.4. The molecule has 0 amide bonds. The zero-order valence-corrected chi connectivity index (χ0v) is 14.1. The molecular weight excluding hydrogens is 330 g/mol. The van der Waals surface area contributed by atoms with Crippen LogP contribution in [0.2, 0.25) is 5.02 Å². The van der Waals surface area contributed by atoms with E-state index < -0.39 is 0 Å². The minimum Gasteiger partial charge on any atom is -0.486 e. The molecule has 1 aromatic heterocycles. The molecule has 128 valence electrons. The number of fused-ring (bicyclic) bond motifs is 1. The van der Waals surface area contributed by atoms with Crippen LogP contribution in [0.15, 0.2) is 12.1 Å². The summed E-state index contributed by atoms with van der Waals surface area (Å²) < 4.78 is 13.1. The number of rotatable bonds is 4. The fourth-order valence-corrected chi connectivity index (χ4v) is 3.53. The van der Waals surface area contributed by atoms with Gasteiger partial charge in [-0.25, -0.2) is 4.68 Å². The van der Waals surface area contributed by atoms with Gasteiger partial charge >= 0.3 is 0 Å². The molecule has 0 radical (unpaired) electrons. The highest BCUT2D eigenvalue weighted by molar-refractivity contribution is 6.33. The lowest BCUT2D eigenvalue weighted by Gasteiger charge is -2.23. The molecule has 1 aromatic carbocycles. The first-order valence-electron chi connectivity index (χ1n) is 8.41. The lowest BCUT2D eigenvalue weighted by molar-refractivity contribution is 0.171. The van der Waals surface area contributed by atoms with Gasteiger partial charge in [-0.15, -0.1) is 5.10 Å².